The van der Waals surface area contributed by atoms with Crippen LogP contribution in [0.2, 0.25) is 0 Å². The van der Waals surface area contributed by atoms with Gasteiger partial charge in [0.25, 0.3) is 0 Å². The van der Waals surface area contributed by atoms with Gasteiger partial charge in [-0.05, 0) is 36.8 Å². The number of rotatable bonds is 3. The first kappa shape index (κ1) is 15.3. The fourth-order valence-corrected chi connectivity index (χ4v) is 5.12. The van der Waals surface area contributed by atoms with Gasteiger partial charge in [0.1, 0.15) is 0 Å². The molecule has 0 heterocycles. The molecule has 1 saturated carbocycles. The predicted molar refractivity (Wildman–Crippen MR) is 88.1 cm³/mol. The molecule has 1 aliphatic carbocycles. The molecule has 0 saturated heterocycles. The molecule has 0 bridgehead atoms. The highest BCUT2D eigenvalue weighted by molar-refractivity contribution is 9.10. The number of hydrogen-bond acceptors (Lipinski definition) is 3. The van der Waals surface area contributed by atoms with Crippen LogP contribution in [0.3, 0.4) is 0 Å². The summed E-state index contributed by atoms with van der Waals surface area (Å²) in [4.78, 5) is 0.294. The molecule has 2 aromatic rings. The molecule has 22 heavy (non-hydrogen) atoms. The Morgan fingerprint density at radius 3 is 2.18 bits per heavy atom. The molecule has 2 aromatic carbocycles. The topological polar surface area (TPSA) is 57.9 Å². The molecule has 3 nitrogen and oxygen atoms in total. The third kappa shape index (κ3) is 2.57. The van der Waals surface area contributed by atoms with Crippen LogP contribution in [0, 0.1) is 24.2 Å². The largest absolute Gasteiger partial charge is 0.223 e. The second-order valence-corrected chi connectivity index (χ2v) is 8.58. The van der Waals surface area contributed by atoms with Crippen molar-refractivity contribution in [2.45, 2.75) is 23.0 Å². The monoisotopic (exact) mass is 375 g/mol. The van der Waals surface area contributed by atoms with Gasteiger partial charge in [0.05, 0.1) is 22.1 Å². The van der Waals surface area contributed by atoms with Gasteiger partial charge in [-0.25, -0.2) is 8.42 Å². The van der Waals surface area contributed by atoms with Crippen LogP contribution < -0.4 is 0 Å². The SMILES string of the molecule is Cc1ccc(S(=O)(=O)[C@@H]2[C@H](C#N)[C@H]2c2ccc(Br)cc2)cc1. The van der Waals surface area contributed by atoms with Gasteiger partial charge in [-0.15, -0.1) is 0 Å². The summed E-state index contributed by atoms with van der Waals surface area (Å²) in [7, 11) is -3.49. The number of hydrogen-bond donors (Lipinski definition) is 0. The Balaban J connectivity index is 1.95. The van der Waals surface area contributed by atoms with Crippen molar-refractivity contribution in [3.05, 3.63) is 64.1 Å². The highest BCUT2D eigenvalue weighted by atomic mass is 79.9. The summed E-state index contributed by atoms with van der Waals surface area (Å²) in [5.41, 5.74) is 1.91. The quantitative estimate of drug-likeness (QED) is 0.818. The zero-order valence-electron chi connectivity index (χ0n) is 11.9. The summed E-state index contributed by atoms with van der Waals surface area (Å²) in [5, 5.41) is 8.64. The number of benzene rings is 2. The third-order valence-corrected chi connectivity index (χ3v) is 6.83. The summed E-state index contributed by atoms with van der Waals surface area (Å²) in [6.45, 7) is 1.91. The number of nitrogens with zero attached hydrogens (tertiary/aromatic N) is 1. The Morgan fingerprint density at radius 2 is 1.64 bits per heavy atom. The van der Waals surface area contributed by atoms with Gasteiger partial charge in [0.15, 0.2) is 9.84 Å². The van der Waals surface area contributed by atoms with E-state index in [1.165, 1.54) is 0 Å². The van der Waals surface area contributed by atoms with Crippen LogP contribution in [0.5, 0.6) is 0 Å². The van der Waals surface area contributed by atoms with Crippen LogP contribution in [-0.2, 0) is 9.84 Å². The molecule has 0 N–H and O–H groups in total. The van der Waals surface area contributed by atoms with Crippen LogP contribution in [0.15, 0.2) is 57.9 Å². The standard InChI is InChI=1S/C17H14BrNO2S/c1-11-2-8-14(9-3-11)22(20,21)17-15(10-19)16(17)12-4-6-13(18)7-5-12/h2-9,15-17H,1H3/t15-,16-,17-/m1/s1. The van der Waals surface area contributed by atoms with Gasteiger partial charge < -0.3 is 0 Å². The van der Waals surface area contributed by atoms with Crippen molar-refractivity contribution in [2.75, 3.05) is 0 Å². The van der Waals surface area contributed by atoms with Gasteiger partial charge in [0, 0.05) is 10.4 Å². The van der Waals surface area contributed by atoms with E-state index in [9.17, 15) is 13.7 Å². The predicted octanol–water partition coefficient (Wildman–Crippen LogP) is 3.84. The molecule has 0 aromatic heterocycles. The van der Waals surface area contributed by atoms with E-state index in [-0.39, 0.29) is 5.92 Å². The summed E-state index contributed by atoms with van der Waals surface area (Å²) >= 11 is 3.36. The fourth-order valence-electron chi connectivity index (χ4n) is 2.79. The van der Waals surface area contributed by atoms with E-state index in [0.29, 0.717) is 4.90 Å². The van der Waals surface area contributed by atoms with Gasteiger partial charge in [-0.3, -0.25) is 0 Å². The van der Waals surface area contributed by atoms with Crippen molar-refractivity contribution < 1.29 is 8.42 Å². The van der Waals surface area contributed by atoms with Crippen LogP contribution in [0.4, 0.5) is 0 Å². The van der Waals surface area contributed by atoms with Crippen LogP contribution in [0.25, 0.3) is 0 Å². The van der Waals surface area contributed by atoms with Crippen molar-refractivity contribution in [3.63, 3.8) is 0 Å². The lowest BCUT2D eigenvalue weighted by Gasteiger charge is -2.04. The Kier molecular flexibility index (Phi) is 3.84. The molecule has 1 fully saturated rings. The third-order valence-electron chi connectivity index (χ3n) is 4.07. The number of nitriles is 1. The molecule has 3 rings (SSSR count). The summed E-state index contributed by atoms with van der Waals surface area (Å²) in [6, 6.07) is 16.5. The number of halogens is 1. The lowest BCUT2D eigenvalue weighted by atomic mass is 10.1. The van der Waals surface area contributed by atoms with Gasteiger partial charge in [-0.1, -0.05) is 45.8 Å². The van der Waals surface area contributed by atoms with Crippen LogP contribution in [0.1, 0.15) is 17.0 Å². The molecule has 0 aliphatic heterocycles. The van der Waals surface area contributed by atoms with Crippen molar-refractivity contribution >= 4 is 25.8 Å². The first-order valence-corrected chi connectivity index (χ1v) is 9.25. The van der Waals surface area contributed by atoms with Crippen molar-refractivity contribution in [1.29, 1.82) is 5.26 Å². The molecule has 3 atom stereocenters. The maximum absolute atomic E-state index is 12.8. The Hall–Kier alpha value is -1.64. The molecule has 0 amide bonds. The zero-order valence-corrected chi connectivity index (χ0v) is 14.3. The Labute approximate surface area is 138 Å². The van der Waals surface area contributed by atoms with Crippen LogP contribution in [-0.4, -0.2) is 13.7 Å². The zero-order chi connectivity index (χ0) is 15.9. The molecular formula is C17H14BrNO2S. The minimum Gasteiger partial charge on any atom is -0.223 e. The Bertz CT molecular complexity index is 836. The van der Waals surface area contributed by atoms with E-state index in [1.54, 1.807) is 24.3 Å². The average molecular weight is 376 g/mol. The summed E-state index contributed by atoms with van der Waals surface area (Å²) in [5.74, 6) is -0.725. The molecular weight excluding hydrogens is 362 g/mol. The highest BCUT2D eigenvalue weighted by Crippen LogP contribution is 2.53. The van der Waals surface area contributed by atoms with E-state index in [2.05, 4.69) is 22.0 Å². The molecule has 112 valence electrons. The molecule has 0 unspecified atom stereocenters. The maximum atomic E-state index is 12.8. The average Bonchev–Trinajstić information content (AvgIpc) is 3.24. The summed E-state index contributed by atoms with van der Waals surface area (Å²) < 4.78 is 26.5. The van der Waals surface area contributed by atoms with E-state index in [0.717, 1.165) is 15.6 Å². The minimum absolute atomic E-state index is 0.246. The second-order valence-electron chi connectivity index (χ2n) is 5.55. The van der Waals surface area contributed by atoms with Gasteiger partial charge >= 0.3 is 0 Å². The smallest absolute Gasteiger partial charge is 0.183 e. The van der Waals surface area contributed by atoms with Crippen molar-refractivity contribution in [2.24, 2.45) is 5.92 Å². The van der Waals surface area contributed by atoms with Crippen molar-refractivity contribution in [1.82, 2.24) is 0 Å². The molecule has 0 spiro atoms. The van der Waals surface area contributed by atoms with Gasteiger partial charge in [0.2, 0.25) is 0 Å². The van der Waals surface area contributed by atoms with E-state index < -0.39 is 21.0 Å². The minimum atomic E-state index is -3.49. The van der Waals surface area contributed by atoms with Crippen molar-refractivity contribution in [3.8, 4) is 6.07 Å². The van der Waals surface area contributed by atoms with Gasteiger partial charge in [-0.2, -0.15) is 5.26 Å². The van der Waals surface area contributed by atoms with E-state index >= 15 is 0 Å². The maximum Gasteiger partial charge on any atom is 0.183 e. The number of aryl methyl sites for hydroxylation is 1. The first-order valence-electron chi connectivity index (χ1n) is 6.91. The molecule has 1 aliphatic rings. The lowest BCUT2D eigenvalue weighted by Crippen LogP contribution is -2.10. The van der Waals surface area contributed by atoms with E-state index in [4.69, 9.17) is 0 Å². The van der Waals surface area contributed by atoms with E-state index in [1.807, 2.05) is 31.2 Å². The Morgan fingerprint density at radius 1 is 1.05 bits per heavy atom. The summed E-state index contributed by atoms with van der Waals surface area (Å²) in [6.07, 6.45) is 0. The van der Waals surface area contributed by atoms with Crippen LogP contribution >= 0.6 is 15.9 Å². The molecule has 0 radical (unpaired) electrons. The first-order chi connectivity index (χ1) is 10.4. The lowest BCUT2D eigenvalue weighted by molar-refractivity contribution is 0.593. The fraction of sp³-hybridized carbons (Fsp3) is 0.235. The highest BCUT2D eigenvalue weighted by Gasteiger charge is 2.59. The molecule has 5 heteroatoms. The number of sulfone groups is 1. The second kappa shape index (κ2) is 5.53. The normalized spacial score (nSPS) is 23.8.